The van der Waals surface area contributed by atoms with Crippen LogP contribution in [0.5, 0.6) is 0 Å². The van der Waals surface area contributed by atoms with Gasteiger partial charge in [0.05, 0.1) is 0 Å². The summed E-state index contributed by atoms with van der Waals surface area (Å²) in [5, 5.41) is 8.63. The molecule has 0 saturated carbocycles. The molecule has 23 heavy (non-hydrogen) atoms. The van der Waals surface area contributed by atoms with E-state index >= 15 is 0 Å². The molecular weight excluding hydrogens is 306 g/mol. The molecule has 3 heterocycles. The summed E-state index contributed by atoms with van der Waals surface area (Å²) in [7, 11) is 0. The number of likely N-dealkylation sites (tertiary alicyclic amines) is 1. The summed E-state index contributed by atoms with van der Waals surface area (Å²) in [5.41, 5.74) is 2.48. The van der Waals surface area contributed by atoms with Crippen LogP contribution >= 0.6 is 11.8 Å². The first kappa shape index (κ1) is 16.5. The van der Waals surface area contributed by atoms with Crippen molar-refractivity contribution in [3.05, 3.63) is 35.9 Å². The third-order valence-electron chi connectivity index (χ3n) is 4.52. The smallest absolute Gasteiger partial charge is 0.187 e. The van der Waals surface area contributed by atoms with E-state index in [1.54, 1.807) is 11.8 Å². The molecule has 0 amide bonds. The number of rotatable bonds is 6. The van der Waals surface area contributed by atoms with Gasteiger partial charge in [-0.15, -0.1) is 0 Å². The van der Waals surface area contributed by atoms with E-state index in [9.17, 15) is 0 Å². The molecule has 0 aromatic carbocycles. The molecule has 2 aromatic rings. The first-order chi connectivity index (χ1) is 11.2. The summed E-state index contributed by atoms with van der Waals surface area (Å²) >= 11 is 1.75. The topological polar surface area (TPSA) is 57.7 Å². The predicted octanol–water partition coefficient (Wildman–Crippen LogP) is 3.47. The Morgan fingerprint density at radius 2 is 2.04 bits per heavy atom. The van der Waals surface area contributed by atoms with Crippen LogP contribution in [0.3, 0.4) is 0 Å². The highest BCUT2D eigenvalue weighted by Crippen LogP contribution is 2.27. The van der Waals surface area contributed by atoms with Crippen molar-refractivity contribution >= 4 is 11.8 Å². The fraction of sp³-hybridized carbons (Fsp3) is 0.588. The lowest BCUT2D eigenvalue weighted by atomic mass is 9.93. The Balaban J connectivity index is 1.48. The van der Waals surface area contributed by atoms with Gasteiger partial charge in [-0.3, -0.25) is 10.00 Å². The Kier molecular flexibility index (Phi) is 5.67. The number of aromatic nitrogens is 4. The summed E-state index contributed by atoms with van der Waals surface area (Å²) in [4.78, 5) is 11.5. The van der Waals surface area contributed by atoms with Gasteiger partial charge in [0.25, 0.3) is 0 Å². The fourth-order valence-electron chi connectivity index (χ4n) is 2.90. The zero-order valence-corrected chi connectivity index (χ0v) is 14.7. The van der Waals surface area contributed by atoms with Crippen LogP contribution in [-0.2, 0) is 6.54 Å². The largest absolute Gasteiger partial charge is 0.299 e. The Morgan fingerprint density at radius 3 is 2.65 bits per heavy atom. The monoisotopic (exact) mass is 331 g/mol. The van der Waals surface area contributed by atoms with Gasteiger partial charge in [-0.1, -0.05) is 25.6 Å². The molecule has 1 fully saturated rings. The van der Waals surface area contributed by atoms with Crippen LogP contribution in [0.25, 0.3) is 0 Å². The molecule has 0 aliphatic carbocycles. The van der Waals surface area contributed by atoms with Crippen molar-refractivity contribution in [3.63, 3.8) is 0 Å². The van der Waals surface area contributed by atoms with Crippen molar-refractivity contribution in [1.29, 1.82) is 0 Å². The van der Waals surface area contributed by atoms with Crippen LogP contribution in [0.15, 0.2) is 29.8 Å². The number of piperidine rings is 1. The number of H-pyrrole nitrogens is 1. The number of hydrogen-bond donors (Lipinski definition) is 1. The zero-order chi connectivity index (χ0) is 16.1. The standard InChI is InChI=1S/C17H25N5S/c1-3-13(2)23-17-18-10-14(11-19-17)12-22-8-5-15(6-9-22)16-4-7-20-21-16/h4,7,10-11,13,15H,3,5-6,8-9,12H2,1-2H3,(H,20,21)/t13-/m1/s1. The van der Waals surface area contributed by atoms with Gasteiger partial charge >= 0.3 is 0 Å². The summed E-state index contributed by atoms with van der Waals surface area (Å²) in [6.07, 6.45) is 9.33. The summed E-state index contributed by atoms with van der Waals surface area (Å²) < 4.78 is 0. The van der Waals surface area contributed by atoms with Gasteiger partial charge in [0.15, 0.2) is 5.16 Å². The maximum Gasteiger partial charge on any atom is 0.187 e. The van der Waals surface area contributed by atoms with E-state index in [2.05, 4.69) is 45.0 Å². The quantitative estimate of drug-likeness (QED) is 0.649. The van der Waals surface area contributed by atoms with Crippen molar-refractivity contribution in [2.75, 3.05) is 13.1 Å². The molecule has 1 saturated heterocycles. The van der Waals surface area contributed by atoms with Crippen molar-refractivity contribution in [2.45, 2.75) is 56.0 Å². The van der Waals surface area contributed by atoms with E-state index in [-0.39, 0.29) is 0 Å². The Morgan fingerprint density at radius 1 is 1.30 bits per heavy atom. The Hall–Kier alpha value is -1.40. The van der Waals surface area contributed by atoms with E-state index in [0.29, 0.717) is 11.2 Å². The lowest BCUT2D eigenvalue weighted by Crippen LogP contribution is -2.32. The van der Waals surface area contributed by atoms with Crippen LogP contribution in [0.1, 0.15) is 50.3 Å². The van der Waals surface area contributed by atoms with Gasteiger partial charge < -0.3 is 0 Å². The van der Waals surface area contributed by atoms with Gasteiger partial charge in [0.1, 0.15) is 0 Å². The molecule has 0 bridgehead atoms. The van der Waals surface area contributed by atoms with Crippen molar-refractivity contribution in [2.24, 2.45) is 0 Å². The third kappa shape index (κ3) is 4.54. The highest BCUT2D eigenvalue weighted by Gasteiger charge is 2.21. The van der Waals surface area contributed by atoms with Crippen LogP contribution in [-0.4, -0.2) is 43.4 Å². The van der Waals surface area contributed by atoms with E-state index < -0.39 is 0 Å². The second-order valence-corrected chi connectivity index (χ2v) is 7.68. The molecule has 1 atom stereocenters. The maximum absolute atomic E-state index is 4.50. The molecular formula is C17H25N5S. The van der Waals surface area contributed by atoms with Crippen LogP contribution in [0.2, 0.25) is 0 Å². The highest BCUT2D eigenvalue weighted by molar-refractivity contribution is 7.99. The van der Waals surface area contributed by atoms with Crippen molar-refractivity contribution < 1.29 is 0 Å². The number of nitrogens with one attached hydrogen (secondary N) is 1. The Labute approximate surface area is 142 Å². The molecule has 0 radical (unpaired) electrons. The average molecular weight is 331 g/mol. The number of thioether (sulfide) groups is 1. The minimum atomic E-state index is 0.572. The predicted molar refractivity (Wildman–Crippen MR) is 93.5 cm³/mol. The normalized spacial score (nSPS) is 18.2. The van der Waals surface area contributed by atoms with E-state index in [0.717, 1.165) is 31.2 Å². The first-order valence-electron chi connectivity index (χ1n) is 8.43. The number of nitrogens with zero attached hydrogens (tertiary/aromatic N) is 4. The van der Waals surface area contributed by atoms with Gasteiger partial charge in [-0.2, -0.15) is 5.10 Å². The lowest BCUT2D eigenvalue weighted by Gasteiger charge is -2.31. The molecule has 6 heteroatoms. The van der Waals surface area contributed by atoms with E-state index in [4.69, 9.17) is 0 Å². The van der Waals surface area contributed by atoms with Gasteiger partial charge in [0, 0.05) is 47.6 Å². The molecule has 3 rings (SSSR count). The molecule has 1 aliphatic rings. The second kappa shape index (κ2) is 7.93. The third-order valence-corrected chi connectivity index (χ3v) is 5.68. The molecule has 0 spiro atoms. The average Bonchev–Trinajstić information content (AvgIpc) is 3.12. The molecule has 0 unspecified atom stereocenters. The van der Waals surface area contributed by atoms with E-state index in [1.807, 2.05) is 18.6 Å². The minimum Gasteiger partial charge on any atom is -0.299 e. The Bertz CT molecular complexity index is 576. The lowest BCUT2D eigenvalue weighted by molar-refractivity contribution is 0.203. The molecule has 124 valence electrons. The molecule has 2 aromatic heterocycles. The summed E-state index contributed by atoms with van der Waals surface area (Å²) in [6, 6.07) is 2.10. The maximum atomic E-state index is 4.50. The molecule has 1 aliphatic heterocycles. The van der Waals surface area contributed by atoms with Crippen molar-refractivity contribution in [1.82, 2.24) is 25.1 Å². The number of hydrogen-bond acceptors (Lipinski definition) is 5. The fourth-order valence-corrected chi connectivity index (χ4v) is 3.66. The molecule has 5 nitrogen and oxygen atoms in total. The van der Waals surface area contributed by atoms with Crippen LogP contribution in [0, 0.1) is 0 Å². The SMILES string of the molecule is CC[C@@H](C)Sc1ncc(CN2CCC(c3ccn[nH]3)CC2)cn1. The van der Waals surface area contributed by atoms with Gasteiger partial charge in [0.2, 0.25) is 0 Å². The molecule has 1 N–H and O–H groups in total. The summed E-state index contributed by atoms with van der Waals surface area (Å²) in [6.45, 7) is 7.59. The highest BCUT2D eigenvalue weighted by atomic mass is 32.2. The number of aromatic amines is 1. The van der Waals surface area contributed by atoms with E-state index in [1.165, 1.54) is 24.1 Å². The first-order valence-corrected chi connectivity index (χ1v) is 9.31. The van der Waals surface area contributed by atoms with Gasteiger partial charge in [-0.05, 0) is 38.4 Å². The summed E-state index contributed by atoms with van der Waals surface area (Å²) in [5.74, 6) is 0.624. The minimum absolute atomic E-state index is 0.572. The zero-order valence-electron chi connectivity index (χ0n) is 13.9. The van der Waals surface area contributed by atoms with Gasteiger partial charge in [-0.25, -0.2) is 9.97 Å². The second-order valence-electron chi connectivity index (χ2n) is 6.27. The van der Waals surface area contributed by atoms with Crippen LogP contribution in [0.4, 0.5) is 0 Å². The van der Waals surface area contributed by atoms with Crippen LogP contribution < -0.4 is 0 Å². The van der Waals surface area contributed by atoms with Crippen molar-refractivity contribution in [3.8, 4) is 0 Å².